The van der Waals surface area contributed by atoms with Gasteiger partial charge in [-0.15, -0.1) is 0 Å². The predicted molar refractivity (Wildman–Crippen MR) is 206 cm³/mol. The number of para-hydroxylation sites is 1. The molecule has 0 radical (unpaired) electrons. The summed E-state index contributed by atoms with van der Waals surface area (Å²) in [6.07, 6.45) is 4.84. The Morgan fingerprint density at radius 2 is 1.70 bits per heavy atom. The van der Waals surface area contributed by atoms with Gasteiger partial charge in [0.15, 0.2) is 0 Å². The molecule has 3 aliphatic rings. The molecule has 1 heterocycles. The monoisotopic (exact) mass is 765 g/mol. The first-order chi connectivity index (χ1) is 26.0. The number of halogens is 1. The number of nitrogens with zero attached hydrogens (tertiary/aromatic N) is 2. The highest BCUT2D eigenvalue weighted by molar-refractivity contribution is 6.31. The van der Waals surface area contributed by atoms with Crippen LogP contribution in [-0.4, -0.2) is 102 Å². The molecule has 2 aromatic carbocycles. The molecule has 11 nitrogen and oxygen atoms in total. The van der Waals surface area contributed by atoms with Gasteiger partial charge in [0.1, 0.15) is 30.2 Å². The maximum atomic E-state index is 13.6. The van der Waals surface area contributed by atoms with E-state index in [1.54, 1.807) is 4.90 Å². The maximum Gasteiger partial charge on any atom is 0.222 e. The standard InChI is InChI=1S/C42H56ClN3O8/c1-26(5-4-8-39(51)46(29-10-12-30(48)13-11-29)24-36(49)40(52)41(53)37(50)25-47)27-9-16-35(43)28(21-27)22-45-42(18-19-42)34-23-44-20-17-32(34)33-6-2-3-7-38(33)54-31-14-15-31/h2-3,6-7,9,16-17,20-21,23,26,29-31,36-37,40-41,45,47-50,52-53H,4-5,8,10-15,18-19,22,24-25H2,1H3/t26?,29?,30?,36-,37+,40+,41+/m1/s1. The highest BCUT2D eigenvalue weighted by atomic mass is 35.5. The average Bonchev–Trinajstić information content (AvgIpc) is 4.14. The van der Waals surface area contributed by atoms with Gasteiger partial charge in [0, 0.05) is 54.1 Å². The SMILES string of the molecule is CC(CCCC(=O)N(C[C@@H](O)[C@H](O)[C@@H](O)[C@@H](O)CO)C1CCC(O)CC1)c1ccc(Cl)c(CNC2(c3cnccc3-c3ccccc3OC3CC3)CC2)c1. The minimum Gasteiger partial charge on any atom is -0.490 e. The first kappa shape index (κ1) is 40.5. The van der Waals surface area contributed by atoms with E-state index in [4.69, 9.17) is 21.4 Å². The number of benzene rings is 2. The summed E-state index contributed by atoms with van der Waals surface area (Å²) >= 11 is 6.76. The van der Waals surface area contributed by atoms with Crippen LogP contribution in [-0.2, 0) is 16.9 Å². The van der Waals surface area contributed by atoms with Crippen molar-refractivity contribution in [3.05, 3.63) is 82.6 Å². The fraction of sp³-hybridized carbons (Fsp3) is 0.571. The second-order valence-electron chi connectivity index (χ2n) is 15.6. The predicted octanol–water partition coefficient (Wildman–Crippen LogP) is 4.56. The lowest BCUT2D eigenvalue weighted by atomic mass is 9.90. The molecule has 7 N–H and O–H groups in total. The van der Waals surface area contributed by atoms with Crippen LogP contribution in [0.3, 0.4) is 0 Å². The molecule has 1 aromatic heterocycles. The van der Waals surface area contributed by atoms with Gasteiger partial charge in [0.2, 0.25) is 5.91 Å². The molecule has 0 aliphatic heterocycles. The van der Waals surface area contributed by atoms with E-state index >= 15 is 0 Å². The van der Waals surface area contributed by atoms with Crippen molar-refractivity contribution < 1.29 is 40.2 Å². The summed E-state index contributed by atoms with van der Waals surface area (Å²) in [7, 11) is 0. The Morgan fingerprint density at radius 3 is 2.41 bits per heavy atom. The molecule has 0 saturated heterocycles. The average molecular weight is 766 g/mol. The van der Waals surface area contributed by atoms with Gasteiger partial charge in [0.25, 0.3) is 0 Å². The number of ether oxygens (including phenoxy) is 1. The smallest absolute Gasteiger partial charge is 0.222 e. The second kappa shape index (κ2) is 18.2. The summed E-state index contributed by atoms with van der Waals surface area (Å²) in [6.45, 7) is 1.69. The number of pyridine rings is 1. The van der Waals surface area contributed by atoms with Crippen LogP contribution in [0.5, 0.6) is 5.75 Å². The number of aliphatic hydroxyl groups excluding tert-OH is 6. The van der Waals surface area contributed by atoms with Gasteiger partial charge in [-0.3, -0.25) is 9.78 Å². The molecule has 3 aromatic rings. The summed E-state index contributed by atoms with van der Waals surface area (Å²) in [5.41, 5.74) is 5.25. The first-order valence-corrected chi connectivity index (χ1v) is 19.9. The van der Waals surface area contributed by atoms with Crippen molar-refractivity contribution >= 4 is 17.5 Å². The zero-order valence-electron chi connectivity index (χ0n) is 31.1. The fourth-order valence-corrected chi connectivity index (χ4v) is 7.89. The molecular weight excluding hydrogens is 710 g/mol. The lowest BCUT2D eigenvalue weighted by molar-refractivity contribution is -0.144. The maximum absolute atomic E-state index is 13.6. The van der Waals surface area contributed by atoms with E-state index in [1.165, 1.54) is 0 Å². The fourth-order valence-electron chi connectivity index (χ4n) is 7.70. The molecular formula is C42H56ClN3O8. The summed E-state index contributed by atoms with van der Waals surface area (Å²) in [6, 6.07) is 16.2. The lowest BCUT2D eigenvalue weighted by Crippen LogP contribution is -2.53. The summed E-state index contributed by atoms with van der Waals surface area (Å²) < 4.78 is 6.28. The minimum atomic E-state index is -1.77. The Balaban J connectivity index is 1.07. The number of carbonyl (C=O) groups is 1. The Morgan fingerprint density at radius 1 is 0.981 bits per heavy atom. The van der Waals surface area contributed by atoms with Gasteiger partial charge in [-0.2, -0.15) is 0 Å². The van der Waals surface area contributed by atoms with Crippen molar-refractivity contribution in [3.63, 3.8) is 0 Å². The van der Waals surface area contributed by atoms with Crippen LogP contribution in [0.25, 0.3) is 11.1 Å². The highest BCUT2D eigenvalue weighted by Crippen LogP contribution is 2.50. The third kappa shape index (κ3) is 9.99. The summed E-state index contributed by atoms with van der Waals surface area (Å²) in [5.74, 6) is 0.860. The summed E-state index contributed by atoms with van der Waals surface area (Å²) in [4.78, 5) is 19.7. The molecule has 3 saturated carbocycles. The number of rotatable bonds is 19. The Hall–Kier alpha value is -3.13. The Kier molecular flexibility index (Phi) is 13.7. The number of hydrogen-bond donors (Lipinski definition) is 7. The van der Waals surface area contributed by atoms with E-state index in [-0.39, 0.29) is 36.4 Å². The molecule has 6 rings (SSSR count). The highest BCUT2D eigenvalue weighted by Gasteiger charge is 2.46. The van der Waals surface area contributed by atoms with Gasteiger partial charge < -0.3 is 45.6 Å². The molecule has 54 heavy (non-hydrogen) atoms. The van der Waals surface area contributed by atoms with Gasteiger partial charge in [-0.25, -0.2) is 0 Å². The minimum absolute atomic E-state index is 0.136. The van der Waals surface area contributed by atoms with Crippen LogP contribution in [0.15, 0.2) is 60.9 Å². The Labute approximate surface area is 323 Å². The van der Waals surface area contributed by atoms with Crippen molar-refractivity contribution in [3.8, 4) is 16.9 Å². The van der Waals surface area contributed by atoms with Gasteiger partial charge in [-0.1, -0.05) is 48.9 Å². The molecule has 0 spiro atoms. The normalized spacial score (nSPS) is 22.1. The number of aromatic nitrogens is 1. The molecule has 294 valence electrons. The largest absolute Gasteiger partial charge is 0.490 e. The molecule has 0 bridgehead atoms. The van der Waals surface area contributed by atoms with Crippen LogP contribution in [0.4, 0.5) is 0 Å². The topological polar surface area (TPSA) is 176 Å². The van der Waals surface area contributed by atoms with Gasteiger partial charge >= 0.3 is 0 Å². The lowest BCUT2D eigenvalue weighted by Gasteiger charge is -2.38. The quantitative estimate of drug-likeness (QED) is 0.0917. The van der Waals surface area contributed by atoms with Gasteiger partial charge in [-0.05, 0) is 111 Å². The molecule has 1 unspecified atom stereocenters. The van der Waals surface area contributed by atoms with E-state index < -0.39 is 37.1 Å². The number of aliphatic hydroxyl groups is 6. The number of carbonyl (C=O) groups excluding carboxylic acids is 1. The van der Waals surface area contributed by atoms with Crippen molar-refractivity contribution in [1.82, 2.24) is 15.2 Å². The van der Waals surface area contributed by atoms with E-state index in [9.17, 15) is 30.3 Å². The van der Waals surface area contributed by atoms with Crippen molar-refractivity contribution in [2.45, 2.75) is 138 Å². The summed E-state index contributed by atoms with van der Waals surface area (Å²) in [5, 5.41) is 64.8. The Bertz CT molecular complexity index is 1700. The number of amides is 1. The molecule has 1 amide bonds. The zero-order chi connectivity index (χ0) is 38.4. The molecule has 5 atom stereocenters. The van der Waals surface area contributed by atoms with Crippen molar-refractivity contribution in [2.24, 2.45) is 0 Å². The van der Waals surface area contributed by atoms with Crippen LogP contribution >= 0.6 is 11.6 Å². The van der Waals surface area contributed by atoms with Crippen LogP contribution in [0.2, 0.25) is 5.02 Å². The zero-order valence-corrected chi connectivity index (χ0v) is 31.8. The van der Waals surface area contributed by atoms with Crippen LogP contribution in [0.1, 0.15) is 100 Å². The number of hydrogen-bond acceptors (Lipinski definition) is 10. The van der Waals surface area contributed by atoms with Crippen LogP contribution in [0, 0.1) is 0 Å². The number of nitrogens with one attached hydrogen (secondary N) is 1. The van der Waals surface area contributed by atoms with Crippen molar-refractivity contribution in [1.29, 1.82) is 0 Å². The first-order valence-electron chi connectivity index (χ1n) is 19.5. The van der Waals surface area contributed by atoms with E-state index in [2.05, 4.69) is 35.4 Å². The third-order valence-electron chi connectivity index (χ3n) is 11.5. The van der Waals surface area contributed by atoms with Crippen molar-refractivity contribution in [2.75, 3.05) is 13.2 Å². The molecule has 3 aliphatic carbocycles. The molecule has 12 heteroatoms. The second-order valence-corrected chi connectivity index (χ2v) is 16.0. The van der Waals surface area contributed by atoms with Crippen LogP contribution < -0.4 is 10.1 Å². The van der Waals surface area contributed by atoms with E-state index in [0.717, 1.165) is 65.7 Å². The third-order valence-corrected chi connectivity index (χ3v) is 11.9. The molecule has 3 fully saturated rings. The van der Waals surface area contributed by atoms with Gasteiger partial charge in [0.05, 0.1) is 18.8 Å². The van der Waals surface area contributed by atoms with E-state index in [0.29, 0.717) is 49.8 Å². The van der Waals surface area contributed by atoms with E-state index in [1.807, 2.05) is 42.7 Å².